The van der Waals surface area contributed by atoms with Crippen LogP contribution in [-0.4, -0.2) is 58.0 Å². The predicted molar refractivity (Wildman–Crippen MR) is 118 cm³/mol. The van der Waals surface area contributed by atoms with E-state index in [0.29, 0.717) is 6.04 Å². The number of fused-ring (bicyclic) bond motifs is 1. The molecule has 1 amide bonds. The number of carbonyl (C=O) groups excluding carboxylic acids is 1. The topological polar surface area (TPSA) is 58.6 Å². The summed E-state index contributed by atoms with van der Waals surface area (Å²) in [6.07, 6.45) is 7.88. The van der Waals surface area contributed by atoms with Crippen molar-refractivity contribution in [1.82, 2.24) is 14.9 Å². The molecule has 1 aromatic carbocycles. The van der Waals surface area contributed by atoms with E-state index in [0.717, 1.165) is 54.8 Å². The second kappa shape index (κ2) is 8.01. The van der Waals surface area contributed by atoms with Crippen molar-refractivity contribution in [3.8, 4) is 0 Å². The molecule has 2 aliphatic rings. The average Bonchev–Trinajstić information content (AvgIpc) is 3.51. The van der Waals surface area contributed by atoms with Gasteiger partial charge in [-0.2, -0.15) is 0 Å². The van der Waals surface area contributed by atoms with Gasteiger partial charge >= 0.3 is 6.09 Å². The van der Waals surface area contributed by atoms with Crippen LogP contribution in [0.3, 0.4) is 0 Å². The van der Waals surface area contributed by atoms with Crippen molar-refractivity contribution in [1.29, 1.82) is 0 Å². The first-order valence-electron chi connectivity index (χ1n) is 10.4. The zero-order valence-corrected chi connectivity index (χ0v) is 18.5. The van der Waals surface area contributed by atoms with Gasteiger partial charge in [-0.1, -0.05) is 17.8 Å². The summed E-state index contributed by atoms with van der Waals surface area (Å²) in [5.74, 6) is 0. The molecule has 1 aliphatic heterocycles. The van der Waals surface area contributed by atoms with Gasteiger partial charge in [-0.3, -0.25) is 0 Å². The highest BCUT2D eigenvalue weighted by molar-refractivity contribution is 7.98. The van der Waals surface area contributed by atoms with E-state index in [1.165, 1.54) is 5.69 Å². The Morgan fingerprint density at radius 3 is 2.48 bits per heavy atom. The second-order valence-corrected chi connectivity index (χ2v) is 9.68. The van der Waals surface area contributed by atoms with Crippen molar-refractivity contribution >= 4 is 34.4 Å². The molecule has 1 saturated heterocycles. The molecular formula is C22H30N4O2S. The van der Waals surface area contributed by atoms with E-state index in [1.54, 1.807) is 11.8 Å². The molecular weight excluding hydrogens is 384 g/mol. The van der Waals surface area contributed by atoms with Gasteiger partial charge in [0.2, 0.25) is 0 Å². The van der Waals surface area contributed by atoms with Gasteiger partial charge in [0, 0.05) is 42.4 Å². The summed E-state index contributed by atoms with van der Waals surface area (Å²) in [5.41, 5.74) is 1.71. The Bertz CT molecular complexity index is 886. The normalized spacial score (nSPS) is 18.1. The lowest BCUT2D eigenvalue weighted by molar-refractivity contribution is 0.0114. The molecule has 0 spiro atoms. The Labute approximate surface area is 177 Å². The number of thioether (sulfide) groups is 1. The number of aromatic nitrogens is 2. The van der Waals surface area contributed by atoms with Gasteiger partial charge in [-0.05, 0) is 64.8 Å². The van der Waals surface area contributed by atoms with Crippen LogP contribution in [0.1, 0.15) is 46.5 Å². The maximum Gasteiger partial charge on any atom is 0.410 e. The maximum atomic E-state index is 12.8. The van der Waals surface area contributed by atoms with Crippen LogP contribution in [0.25, 0.3) is 10.9 Å². The minimum absolute atomic E-state index is 0.151. The fourth-order valence-electron chi connectivity index (χ4n) is 4.05. The van der Waals surface area contributed by atoms with Gasteiger partial charge in [-0.25, -0.2) is 14.8 Å². The molecule has 0 N–H and O–H groups in total. The lowest BCUT2D eigenvalue weighted by Gasteiger charge is -2.40. The monoisotopic (exact) mass is 414 g/mol. The standard InChI is InChI=1S/C22H30N4O2S/c1-22(2,3)28-21(27)26(15-8-9-15)16-10-12-25(13-11-16)19-7-5-6-18-17(19)14-23-20(24-18)29-4/h5-7,14-16H,8-13H2,1-4H3. The minimum atomic E-state index is -0.455. The number of rotatable bonds is 4. The highest BCUT2D eigenvalue weighted by Crippen LogP contribution is 2.35. The molecule has 0 atom stereocenters. The van der Waals surface area contributed by atoms with Crippen molar-refractivity contribution in [3.63, 3.8) is 0 Å². The van der Waals surface area contributed by atoms with Gasteiger partial charge in [0.15, 0.2) is 5.16 Å². The van der Waals surface area contributed by atoms with E-state index in [-0.39, 0.29) is 12.1 Å². The minimum Gasteiger partial charge on any atom is -0.444 e. The Hall–Kier alpha value is -2.02. The van der Waals surface area contributed by atoms with Crippen LogP contribution in [0.5, 0.6) is 0 Å². The summed E-state index contributed by atoms with van der Waals surface area (Å²) in [4.78, 5) is 26.3. The summed E-state index contributed by atoms with van der Waals surface area (Å²) in [5, 5.41) is 1.89. The second-order valence-electron chi connectivity index (χ2n) is 8.90. The number of carbonyl (C=O) groups is 1. The average molecular weight is 415 g/mol. The van der Waals surface area contributed by atoms with Crippen LogP contribution < -0.4 is 4.90 Å². The summed E-state index contributed by atoms with van der Waals surface area (Å²) < 4.78 is 5.70. The van der Waals surface area contributed by atoms with Crippen molar-refractivity contribution in [2.75, 3.05) is 24.2 Å². The van der Waals surface area contributed by atoms with Gasteiger partial charge in [0.1, 0.15) is 5.60 Å². The summed E-state index contributed by atoms with van der Waals surface area (Å²) in [6.45, 7) is 7.64. The van der Waals surface area contributed by atoms with E-state index < -0.39 is 5.60 Å². The van der Waals surface area contributed by atoms with Crippen LogP contribution in [0.15, 0.2) is 29.6 Å². The smallest absolute Gasteiger partial charge is 0.410 e. The summed E-state index contributed by atoms with van der Waals surface area (Å²) in [6, 6.07) is 6.87. The Morgan fingerprint density at radius 2 is 1.86 bits per heavy atom. The lowest BCUT2D eigenvalue weighted by atomic mass is 10.0. The maximum absolute atomic E-state index is 12.8. The molecule has 0 bridgehead atoms. The van der Waals surface area contributed by atoms with Crippen molar-refractivity contribution in [2.45, 2.75) is 69.3 Å². The fourth-order valence-corrected chi connectivity index (χ4v) is 4.39. The zero-order valence-electron chi connectivity index (χ0n) is 17.7. The van der Waals surface area contributed by atoms with Crippen molar-refractivity contribution < 1.29 is 9.53 Å². The third-order valence-corrected chi connectivity index (χ3v) is 6.07. The number of nitrogens with zero attached hydrogens (tertiary/aromatic N) is 4. The van der Waals surface area contributed by atoms with E-state index >= 15 is 0 Å². The number of hydrogen-bond acceptors (Lipinski definition) is 6. The molecule has 6 nitrogen and oxygen atoms in total. The molecule has 2 heterocycles. The van der Waals surface area contributed by atoms with Crippen LogP contribution in [-0.2, 0) is 4.74 Å². The van der Waals surface area contributed by atoms with Crippen LogP contribution >= 0.6 is 11.8 Å². The molecule has 156 valence electrons. The van der Waals surface area contributed by atoms with E-state index in [2.05, 4.69) is 27.0 Å². The molecule has 7 heteroatoms. The highest BCUT2D eigenvalue weighted by atomic mass is 32.2. The van der Waals surface area contributed by atoms with Gasteiger partial charge in [-0.15, -0.1) is 0 Å². The fraction of sp³-hybridized carbons (Fsp3) is 0.591. The summed E-state index contributed by atoms with van der Waals surface area (Å²) >= 11 is 1.56. The number of piperidine rings is 1. The molecule has 29 heavy (non-hydrogen) atoms. The number of ether oxygens (including phenoxy) is 1. The van der Waals surface area contributed by atoms with Gasteiger partial charge in [0.25, 0.3) is 0 Å². The number of benzene rings is 1. The molecule has 4 rings (SSSR count). The summed E-state index contributed by atoms with van der Waals surface area (Å²) in [7, 11) is 0. The first-order chi connectivity index (χ1) is 13.9. The Kier molecular flexibility index (Phi) is 5.60. The van der Waals surface area contributed by atoms with Crippen LogP contribution in [0, 0.1) is 0 Å². The van der Waals surface area contributed by atoms with E-state index in [9.17, 15) is 4.79 Å². The molecule has 0 unspecified atom stereocenters. The van der Waals surface area contributed by atoms with Crippen molar-refractivity contribution in [3.05, 3.63) is 24.4 Å². The molecule has 1 saturated carbocycles. The number of amides is 1. The highest BCUT2D eigenvalue weighted by Gasteiger charge is 2.40. The molecule has 1 aliphatic carbocycles. The van der Waals surface area contributed by atoms with Crippen LogP contribution in [0.2, 0.25) is 0 Å². The van der Waals surface area contributed by atoms with E-state index in [4.69, 9.17) is 4.74 Å². The Balaban J connectivity index is 1.48. The Morgan fingerprint density at radius 1 is 1.17 bits per heavy atom. The number of anilines is 1. The molecule has 0 radical (unpaired) electrons. The third-order valence-electron chi connectivity index (χ3n) is 5.51. The van der Waals surface area contributed by atoms with Crippen LogP contribution in [0.4, 0.5) is 10.5 Å². The third kappa shape index (κ3) is 4.60. The quantitative estimate of drug-likeness (QED) is 0.533. The largest absolute Gasteiger partial charge is 0.444 e. The number of hydrogen-bond donors (Lipinski definition) is 0. The predicted octanol–water partition coefficient (Wildman–Crippen LogP) is 4.72. The molecule has 2 fully saturated rings. The SMILES string of the molecule is CSc1ncc2c(N3CCC(N(C(=O)OC(C)(C)C)C4CC4)CC3)cccc2n1. The van der Waals surface area contributed by atoms with Gasteiger partial charge in [0.05, 0.1) is 5.52 Å². The van der Waals surface area contributed by atoms with E-state index in [1.807, 2.05) is 44.2 Å². The van der Waals surface area contributed by atoms with Crippen molar-refractivity contribution in [2.24, 2.45) is 0 Å². The first kappa shape index (κ1) is 20.3. The van der Waals surface area contributed by atoms with Gasteiger partial charge < -0.3 is 14.5 Å². The first-order valence-corrected chi connectivity index (χ1v) is 11.6. The molecule has 1 aromatic heterocycles. The lowest BCUT2D eigenvalue weighted by Crippen LogP contribution is -2.50. The zero-order chi connectivity index (χ0) is 20.6. The molecule has 2 aromatic rings.